The summed E-state index contributed by atoms with van der Waals surface area (Å²) in [5, 5.41) is 18.8. The predicted molar refractivity (Wildman–Crippen MR) is 64.1 cm³/mol. The summed E-state index contributed by atoms with van der Waals surface area (Å²) in [5.74, 6) is 5.29. The lowest BCUT2D eigenvalue weighted by atomic mass is 10.2. The van der Waals surface area contributed by atoms with E-state index in [1.54, 1.807) is 6.07 Å². The largest absolute Gasteiger partial charge is 0.395 e. The van der Waals surface area contributed by atoms with Crippen LogP contribution in [0.1, 0.15) is 12.0 Å². The van der Waals surface area contributed by atoms with Crippen molar-refractivity contribution in [1.82, 2.24) is 9.88 Å². The minimum absolute atomic E-state index is 0.0685. The van der Waals surface area contributed by atoms with Gasteiger partial charge in [-0.15, -0.1) is 0 Å². The second kappa shape index (κ2) is 5.91. The number of hydrogen-bond donors (Lipinski definition) is 2. The molecule has 1 aromatic heterocycles. The lowest BCUT2D eigenvalue weighted by molar-refractivity contribution is 0.0772. The molecule has 4 nitrogen and oxygen atoms in total. The SMILES string of the molecule is OC[C@H]1[C@H](O)CCN1CC#Cc1ccc(F)nc1. The molecule has 1 fully saturated rings. The average molecular weight is 250 g/mol. The van der Waals surface area contributed by atoms with Gasteiger partial charge in [0, 0.05) is 18.3 Å². The van der Waals surface area contributed by atoms with Gasteiger partial charge in [0.05, 0.1) is 25.3 Å². The molecule has 2 rings (SSSR count). The molecule has 0 aliphatic carbocycles. The van der Waals surface area contributed by atoms with Crippen LogP contribution in [-0.4, -0.2) is 51.9 Å². The molecule has 0 unspecified atom stereocenters. The Bertz CT molecular complexity index is 452. The second-order valence-corrected chi connectivity index (χ2v) is 4.25. The fraction of sp³-hybridized carbons (Fsp3) is 0.462. The van der Waals surface area contributed by atoms with E-state index in [9.17, 15) is 9.50 Å². The highest BCUT2D eigenvalue weighted by atomic mass is 19.1. The molecule has 0 radical (unpaired) electrons. The van der Waals surface area contributed by atoms with Crippen molar-refractivity contribution in [2.45, 2.75) is 18.6 Å². The van der Waals surface area contributed by atoms with Gasteiger partial charge in [-0.1, -0.05) is 11.8 Å². The standard InChI is InChI=1S/C13H15FN2O2/c14-13-4-3-10(8-15-13)2-1-6-16-7-5-12(18)11(16)9-17/h3-4,8,11-12,17-18H,5-7,9H2/t11-,12+/m0/s1. The Morgan fingerprint density at radius 3 is 3.00 bits per heavy atom. The smallest absolute Gasteiger partial charge is 0.212 e. The first-order chi connectivity index (χ1) is 8.70. The number of nitrogens with zero attached hydrogens (tertiary/aromatic N) is 2. The van der Waals surface area contributed by atoms with Crippen LogP contribution in [0.3, 0.4) is 0 Å². The first kappa shape index (κ1) is 13.0. The van der Waals surface area contributed by atoms with Gasteiger partial charge in [-0.25, -0.2) is 4.98 Å². The van der Waals surface area contributed by atoms with E-state index in [0.717, 1.165) is 6.54 Å². The number of rotatable bonds is 2. The van der Waals surface area contributed by atoms with Gasteiger partial charge in [0.25, 0.3) is 0 Å². The van der Waals surface area contributed by atoms with Crippen molar-refractivity contribution in [2.75, 3.05) is 19.7 Å². The maximum absolute atomic E-state index is 12.6. The first-order valence-corrected chi connectivity index (χ1v) is 5.84. The van der Waals surface area contributed by atoms with Gasteiger partial charge in [-0.05, 0) is 18.6 Å². The molecule has 18 heavy (non-hydrogen) atoms. The molecule has 2 atom stereocenters. The molecule has 0 aromatic carbocycles. The third-order valence-corrected chi connectivity index (χ3v) is 3.05. The summed E-state index contributed by atoms with van der Waals surface area (Å²) in [6.07, 6.45) is 1.56. The van der Waals surface area contributed by atoms with Gasteiger partial charge < -0.3 is 10.2 Å². The van der Waals surface area contributed by atoms with Crippen LogP contribution in [0.4, 0.5) is 4.39 Å². The Morgan fingerprint density at radius 2 is 2.33 bits per heavy atom. The van der Waals surface area contributed by atoms with Gasteiger partial charge in [-0.3, -0.25) is 4.90 Å². The van der Waals surface area contributed by atoms with E-state index in [1.165, 1.54) is 12.3 Å². The summed E-state index contributed by atoms with van der Waals surface area (Å²) in [4.78, 5) is 5.45. The van der Waals surface area contributed by atoms with E-state index < -0.39 is 12.1 Å². The van der Waals surface area contributed by atoms with Crippen LogP contribution in [-0.2, 0) is 0 Å². The molecule has 1 aromatic rings. The first-order valence-electron chi connectivity index (χ1n) is 5.84. The highest BCUT2D eigenvalue weighted by Gasteiger charge is 2.31. The van der Waals surface area contributed by atoms with Gasteiger partial charge >= 0.3 is 0 Å². The molecule has 0 saturated carbocycles. The van der Waals surface area contributed by atoms with Gasteiger partial charge in [0.1, 0.15) is 0 Å². The second-order valence-electron chi connectivity index (χ2n) is 4.25. The zero-order valence-electron chi connectivity index (χ0n) is 9.88. The summed E-state index contributed by atoms with van der Waals surface area (Å²) in [6, 6.07) is 2.60. The number of aromatic nitrogens is 1. The monoisotopic (exact) mass is 250 g/mol. The van der Waals surface area contributed by atoms with Crippen molar-refractivity contribution < 1.29 is 14.6 Å². The lowest BCUT2D eigenvalue weighted by Gasteiger charge is -2.21. The lowest BCUT2D eigenvalue weighted by Crippen LogP contribution is -2.38. The average Bonchev–Trinajstić information content (AvgIpc) is 2.72. The summed E-state index contributed by atoms with van der Waals surface area (Å²) < 4.78 is 12.6. The number of aliphatic hydroxyl groups is 2. The maximum Gasteiger partial charge on any atom is 0.212 e. The highest BCUT2D eigenvalue weighted by molar-refractivity contribution is 5.31. The minimum Gasteiger partial charge on any atom is -0.395 e. The molecule has 2 N–H and O–H groups in total. The van der Waals surface area contributed by atoms with Crippen molar-refractivity contribution in [3.8, 4) is 11.8 Å². The minimum atomic E-state index is -0.524. The molecule has 0 spiro atoms. The van der Waals surface area contributed by atoms with Gasteiger partial charge in [-0.2, -0.15) is 4.39 Å². The van der Waals surface area contributed by atoms with Crippen LogP contribution in [0.15, 0.2) is 18.3 Å². The Balaban J connectivity index is 1.94. The van der Waals surface area contributed by atoms with E-state index in [1.807, 2.05) is 4.90 Å². The topological polar surface area (TPSA) is 56.6 Å². The molecular formula is C13H15FN2O2. The van der Waals surface area contributed by atoms with E-state index in [0.29, 0.717) is 18.5 Å². The molecule has 5 heteroatoms. The normalized spacial score (nSPS) is 23.7. The molecule has 0 bridgehead atoms. The van der Waals surface area contributed by atoms with Gasteiger partial charge in [0.2, 0.25) is 5.95 Å². The Kier molecular flexibility index (Phi) is 4.26. The Morgan fingerprint density at radius 1 is 1.50 bits per heavy atom. The maximum atomic E-state index is 12.6. The fourth-order valence-electron chi connectivity index (χ4n) is 2.03. The van der Waals surface area contributed by atoms with Crippen molar-refractivity contribution in [3.63, 3.8) is 0 Å². The molecular weight excluding hydrogens is 235 g/mol. The molecule has 0 amide bonds. The molecule has 2 heterocycles. The van der Waals surface area contributed by atoms with Crippen LogP contribution in [0.5, 0.6) is 0 Å². The molecule has 1 aliphatic rings. The van der Waals surface area contributed by atoms with E-state index in [4.69, 9.17) is 5.11 Å². The number of aliphatic hydroxyl groups excluding tert-OH is 2. The van der Waals surface area contributed by atoms with E-state index >= 15 is 0 Å². The van der Waals surface area contributed by atoms with Gasteiger partial charge in [0.15, 0.2) is 0 Å². The van der Waals surface area contributed by atoms with Crippen LogP contribution < -0.4 is 0 Å². The van der Waals surface area contributed by atoms with Crippen LogP contribution in [0, 0.1) is 17.8 Å². The van der Waals surface area contributed by atoms with Crippen molar-refractivity contribution >= 4 is 0 Å². The van der Waals surface area contributed by atoms with E-state index in [2.05, 4.69) is 16.8 Å². The number of hydrogen-bond acceptors (Lipinski definition) is 4. The zero-order chi connectivity index (χ0) is 13.0. The molecule has 1 aliphatic heterocycles. The summed E-state index contributed by atoms with van der Waals surface area (Å²) in [5.41, 5.74) is 0.650. The van der Waals surface area contributed by atoms with Crippen molar-refractivity contribution in [2.24, 2.45) is 0 Å². The predicted octanol–water partition coefficient (Wildman–Crippen LogP) is -0.000300. The third-order valence-electron chi connectivity index (χ3n) is 3.05. The van der Waals surface area contributed by atoms with Crippen molar-refractivity contribution in [1.29, 1.82) is 0 Å². The zero-order valence-corrected chi connectivity index (χ0v) is 9.88. The summed E-state index contributed by atoms with van der Waals surface area (Å²) >= 11 is 0. The third kappa shape index (κ3) is 3.05. The quantitative estimate of drug-likeness (QED) is 0.573. The Labute approximate surface area is 105 Å². The van der Waals surface area contributed by atoms with Crippen LogP contribution >= 0.6 is 0 Å². The van der Waals surface area contributed by atoms with Crippen LogP contribution in [0.2, 0.25) is 0 Å². The highest BCUT2D eigenvalue weighted by Crippen LogP contribution is 2.16. The fourth-order valence-corrected chi connectivity index (χ4v) is 2.03. The summed E-state index contributed by atoms with van der Waals surface area (Å²) in [7, 11) is 0. The molecule has 1 saturated heterocycles. The van der Waals surface area contributed by atoms with Crippen LogP contribution in [0.25, 0.3) is 0 Å². The number of halogens is 1. The van der Waals surface area contributed by atoms with E-state index in [-0.39, 0.29) is 12.6 Å². The molecule has 96 valence electrons. The Hall–Kier alpha value is -1.48. The summed E-state index contributed by atoms with van der Waals surface area (Å²) in [6.45, 7) is 1.13. The van der Waals surface area contributed by atoms with Crippen molar-refractivity contribution in [3.05, 3.63) is 29.8 Å². The number of likely N-dealkylation sites (tertiary alicyclic amines) is 1. The number of pyridine rings is 1.